The summed E-state index contributed by atoms with van der Waals surface area (Å²) < 4.78 is 0. The average molecular weight is 250 g/mol. The van der Waals surface area contributed by atoms with E-state index in [1.54, 1.807) is 11.3 Å². The van der Waals surface area contributed by atoms with Crippen LogP contribution in [0.25, 0.3) is 0 Å². The van der Waals surface area contributed by atoms with Gasteiger partial charge in [0.2, 0.25) is 0 Å². The molecule has 17 heavy (non-hydrogen) atoms. The number of nitrogens with one attached hydrogen (secondary N) is 1. The second kappa shape index (κ2) is 4.41. The van der Waals surface area contributed by atoms with Crippen molar-refractivity contribution in [1.29, 1.82) is 0 Å². The summed E-state index contributed by atoms with van der Waals surface area (Å²) in [6, 6.07) is 0.397. The standard InChI is InChI=1S/C13H18N2OS/c1-8-11(17-13(14-8)9-6-7-9)12(16)15-10-4-2-3-5-10/h9-10H,2-7H2,1H3,(H,15,16). The highest BCUT2D eigenvalue weighted by molar-refractivity contribution is 7.13. The molecule has 4 heteroatoms. The summed E-state index contributed by atoms with van der Waals surface area (Å²) in [5, 5.41) is 4.31. The van der Waals surface area contributed by atoms with Gasteiger partial charge in [-0.25, -0.2) is 4.98 Å². The molecule has 0 atom stereocenters. The zero-order valence-electron chi connectivity index (χ0n) is 10.2. The Morgan fingerprint density at radius 3 is 2.65 bits per heavy atom. The molecular formula is C13H18N2OS. The molecule has 0 aromatic carbocycles. The average Bonchev–Trinajstić information content (AvgIpc) is 2.89. The molecule has 2 fully saturated rings. The van der Waals surface area contributed by atoms with Crippen LogP contribution in [0.2, 0.25) is 0 Å². The monoisotopic (exact) mass is 250 g/mol. The van der Waals surface area contributed by atoms with Crippen LogP contribution in [0.4, 0.5) is 0 Å². The Kier molecular flexibility index (Phi) is 2.90. The van der Waals surface area contributed by atoms with Crippen LogP contribution in [0.3, 0.4) is 0 Å². The van der Waals surface area contributed by atoms with Crippen LogP contribution in [0, 0.1) is 6.92 Å². The topological polar surface area (TPSA) is 42.0 Å². The summed E-state index contributed by atoms with van der Waals surface area (Å²) in [4.78, 5) is 17.5. The molecule has 2 saturated carbocycles. The maximum Gasteiger partial charge on any atom is 0.263 e. The van der Waals surface area contributed by atoms with Crippen molar-refractivity contribution in [1.82, 2.24) is 10.3 Å². The molecule has 1 aromatic heterocycles. The molecule has 0 radical (unpaired) electrons. The molecule has 3 rings (SSSR count). The number of carbonyl (C=O) groups is 1. The predicted octanol–water partition coefficient (Wildman–Crippen LogP) is 3.00. The van der Waals surface area contributed by atoms with E-state index in [2.05, 4.69) is 10.3 Å². The summed E-state index contributed by atoms with van der Waals surface area (Å²) in [6.07, 6.45) is 7.27. The third kappa shape index (κ3) is 2.37. The van der Waals surface area contributed by atoms with Crippen LogP contribution in [0.15, 0.2) is 0 Å². The van der Waals surface area contributed by atoms with Gasteiger partial charge < -0.3 is 5.32 Å². The van der Waals surface area contributed by atoms with E-state index in [1.807, 2.05) is 6.92 Å². The Morgan fingerprint density at radius 1 is 1.29 bits per heavy atom. The van der Waals surface area contributed by atoms with Crippen molar-refractivity contribution in [3.8, 4) is 0 Å². The first-order chi connectivity index (χ1) is 8.24. The largest absolute Gasteiger partial charge is 0.349 e. The Hall–Kier alpha value is -0.900. The van der Waals surface area contributed by atoms with E-state index in [9.17, 15) is 4.79 Å². The Morgan fingerprint density at radius 2 is 2.00 bits per heavy atom. The molecule has 1 N–H and O–H groups in total. The third-order valence-corrected chi connectivity index (χ3v) is 4.96. The number of hydrogen-bond acceptors (Lipinski definition) is 3. The number of rotatable bonds is 3. The molecule has 0 bridgehead atoms. The van der Waals surface area contributed by atoms with Gasteiger partial charge >= 0.3 is 0 Å². The summed E-state index contributed by atoms with van der Waals surface area (Å²) in [6.45, 7) is 1.95. The van der Waals surface area contributed by atoms with Crippen molar-refractivity contribution >= 4 is 17.2 Å². The van der Waals surface area contributed by atoms with Crippen molar-refractivity contribution in [2.75, 3.05) is 0 Å². The summed E-state index contributed by atoms with van der Waals surface area (Å²) in [5.41, 5.74) is 0.910. The number of hydrogen-bond donors (Lipinski definition) is 1. The molecule has 92 valence electrons. The number of aryl methyl sites for hydroxylation is 1. The first-order valence-corrected chi connectivity index (χ1v) is 7.34. The molecular weight excluding hydrogens is 232 g/mol. The van der Waals surface area contributed by atoms with Gasteiger partial charge in [0.1, 0.15) is 4.88 Å². The van der Waals surface area contributed by atoms with Crippen LogP contribution in [0.5, 0.6) is 0 Å². The maximum absolute atomic E-state index is 12.1. The Bertz CT molecular complexity index is 431. The van der Waals surface area contributed by atoms with Gasteiger partial charge in [0.05, 0.1) is 10.7 Å². The van der Waals surface area contributed by atoms with Gasteiger partial charge in [0.15, 0.2) is 0 Å². The SMILES string of the molecule is Cc1nc(C2CC2)sc1C(=O)NC1CCCC1. The van der Waals surface area contributed by atoms with E-state index in [0.717, 1.165) is 23.4 Å². The second-order valence-electron chi connectivity index (χ2n) is 5.20. The van der Waals surface area contributed by atoms with E-state index in [0.29, 0.717) is 12.0 Å². The van der Waals surface area contributed by atoms with E-state index in [1.165, 1.54) is 30.7 Å². The molecule has 2 aliphatic rings. The van der Waals surface area contributed by atoms with Crippen LogP contribution in [-0.4, -0.2) is 16.9 Å². The van der Waals surface area contributed by atoms with Crippen molar-refractivity contribution in [2.45, 2.75) is 57.4 Å². The van der Waals surface area contributed by atoms with Gasteiger partial charge in [-0.15, -0.1) is 11.3 Å². The summed E-state index contributed by atoms with van der Waals surface area (Å²) >= 11 is 1.60. The summed E-state index contributed by atoms with van der Waals surface area (Å²) in [7, 11) is 0. The number of thiazole rings is 1. The van der Waals surface area contributed by atoms with Gasteiger partial charge in [-0.3, -0.25) is 4.79 Å². The first-order valence-electron chi connectivity index (χ1n) is 6.52. The number of carbonyl (C=O) groups excluding carboxylic acids is 1. The fraction of sp³-hybridized carbons (Fsp3) is 0.692. The number of aromatic nitrogens is 1. The Balaban J connectivity index is 1.71. The van der Waals surface area contributed by atoms with Gasteiger partial charge in [0, 0.05) is 12.0 Å². The molecule has 0 aliphatic heterocycles. The van der Waals surface area contributed by atoms with Crippen molar-refractivity contribution < 1.29 is 4.79 Å². The minimum absolute atomic E-state index is 0.0961. The molecule has 0 unspecified atom stereocenters. The zero-order valence-corrected chi connectivity index (χ0v) is 11.0. The van der Waals surface area contributed by atoms with E-state index < -0.39 is 0 Å². The van der Waals surface area contributed by atoms with E-state index >= 15 is 0 Å². The molecule has 1 heterocycles. The minimum Gasteiger partial charge on any atom is -0.349 e. The van der Waals surface area contributed by atoms with Crippen LogP contribution < -0.4 is 5.32 Å². The minimum atomic E-state index is 0.0961. The van der Waals surface area contributed by atoms with Crippen molar-refractivity contribution in [3.63, 3.8) is 0 Å². The zero-order chi connectivity index (χ0) is 11.8. The highest BCUT2D eigenvalue weighted by Gasteiger charge is 2.29. The van der Waals surface area contributed by atoms with Gasteiger partial charge in [-0.2, -0.15) is 0 Å². The fourth-order valence-electron chi connectivity index (χ4n) is 2.45. The van der Waals surface area contributed by atoms with Crippen LogP contribution in [0.1, 0.15) is 64.8 Å². The first kappa shape index (κ1) is 11.2. The lowest BCUT2D eigenvalue weighted by Crippen LogP contribution is -2.32. The smallest absolute Gasteiger partial charge is 0.263 e. The second-order valence-corrected chi connectivity index (χ2v) is 6.23. The molecule has 1 amide bonds. The maximum atomic E-state index is 12.1. The lowest BCUT2D eigenvalue weighted by Gasteiger charge is -2.10. The van der Waals surface area contributed by atoms with E-state index in [-0.39, 0.29) is 5.91 Å². The normalized spacial score (nSPS) is 20.8. The predicted molar refractivity (Wildman–Crippen MR) is 68.5 cm³/mol. The van der Waals surface area contributed by atoms with Gasteiger partial charge in [-0.1, -0.05) is 12.8 Å². The van der Waals surface area contributed by atoms with E-state index in [4.69, 9.17) is 0 Å². The van der Waals surface area contributed by atoms with Crippen LogP contribution >= 0.6 is 11.3 Å². The lowest BCUT2D eigenvalue weighted by atomic mass is 10.2. The highest BCUT2D eigenvalue weighted by atomic mass is 32.1. The van der Waals surface area contributed by atoms with Crippen molar-refractivity contribution in [2.24, 2.45) is 0 Å². The lowest BCUT2D eigenvalue weighted by molar-refractivity contribution is 0.0941. The highest BCUT2D eigenvalue weighted by Crippen LogP contribution is 2.42. The molecule has 0 saturated heterocycles. The van der Waals surface area contributed by atoms with Crippen molar-refractivity contribution in [3.05, 3.63) is 15.6 Å². The third-order valence-electron chi connectivity index (χ3n) is 3.64. The fourth-order valence-corrected chi connectivity index (χ4v) is 3.59. The summed E-state index contributed by atoms with van der Waals surface area (Å²) in [5.74, 6) is 0.741. The molecule has 3 nitrogen and oxygen atoms in total. The van der Waals surface area contributed by atoms with Crippen LogP contribution in [-0.2, 0) is 0 Å². The molecule has 0 spiro atoms. The van der Waals surface area contributed by atoms with Gasteiger partial charge in [0.25, 0.3) is 5.91 Å². The molecule has 2 aliphatic carbocycles. The number of nitrogens with zero attached hydrogens (tertiary/aromatic N) is 1. The quantitative estimate of drug-likeness (QED) is 0.896. The Labute approximate surface area is 106 Å². The number of amides is 1. The molecule has 1 aromatic rings. The van der Waals surface area contributed by atoms with Gasteiger partial charge in [-0.05, 0) is 32.6 Å².